The first-order valence-corrected chi connectivity index (χ1v) is 9.78. The summed E-state index contributed by atoms with van der Waals surface area (Å²) >= 11 is 0. The highest BCUT2D eigenvalue weighted by Crippen LogP contribution is 2.33. The molecule has 0 atom stereocenters. The molecule has 4 aromatic rings. The van der Waals surface area contributed by atoms with E-state index in [-0.39, 0.29) is 11.5 Å². The van der Waals surface area contributed by atoms with Crippen LogP contribution in [0.2, 0.25) is 0 Å². The second-order valence-electron chi connectivity index (χ2n) is 7.26. The van der Waals surface area contributed by atoms with Crippen molar-refractivity contribution in [2.24, 2.45) is 0 Å². The molecule has 0 heterocycles. The SMILES string of the molecule is Cc1cc(O)cc(Oc2cccc(Oc3cccc(Oc4cc(C)cc(O)c4)c3)c2)c1. The molecule has 0 saturated carbocycles. The highest BCUT2D eigenvalue weighted by molar-refractivity contribution is 5.45. The van der Waals surface area contributed by atoms with Gasteiger partial charge in [0.25, 0.3) is 0 Å². The molecule has 0 aliphatic heterocycles. The van der Waals surface area contributed by atoms with Crippen LogP contribution in [0.1, 0.15) is 11.1 Å². The maximum atomic E-state index is 9.75. The van der Waals surface area contributed by atoms with Crippen molar-refractivity contribution in [2.45, 2.75) is 13.8 Å². The van der Waals surface area contributed by atoms with Gasteiger partial charge in [-0.2, -0.15) is 0 Å². The van der Waals surface area contributed by atoms with Crippen LogP contribution >= 0.6 is 0 Å². The molecule has 0 amide bonds. The van der Waals surface area contributed by atoms with Crippen LogP contribution in [0, 0.1) is 13.8 Å². The Morgan fingerprint density at radius 1 is 0.452 bits per heavy atom. The Morgan fingerprint density at radius 2 is 0.806 bits per heavy atom. The molecule has 0 aliphatic carbocycles. The summed E-state index contributed by atoms with van der Waals surface area (Å²) in [5.41, 5.74) is 1.81. The molecule has 4 rings (SSSR count). The number of phenolic OH excluding ortho intramolecular Hbond substituents is 2. The lowest BCUT2D eigenvalue weighted by Gasteiger charge is -2.11. The van der Waals surface area contributed by atoms with Crippen molar-refractivity contribution < 1.29 is 24.4 Å². The zero-order chi connectivity index (χ0) is 21.8. The monoisotopic (exact) mass is 414 g/mol. The molecule has 0 aromatic heterocycles. The summed E-state index contributed by atoms with van der Waals surface area (Å²) in [5.74, 6) is 3.77. The molecule has 0 bridgehead atoms. The number of rotatable bonds is 6. The first-order valence-electron chi connectivity index (χ1n) is 9.78. The van der Waals surface area contributed by atoms with Crippen LogP contribution in [-0.4, -0.2) is 10.2 Å². The highest BCUT2D eigenvalue weighted by Gasteiger charge is 2.06. The topological polar surface area (TPSA) is 68.2 Å². The van der Waals surface area contributed by atoms with Gasteiger partial charge in [-0.05, 0) is 73.5 Å². The van der Waals surface area contributed by atoms with Gasteiger partial charge in [-0.15, -0.1) is 0 Å². The Labute approximate surface area is 180 Å². The average Bonchev–Trinajstić information content (AvgIpc) is 2.67. The van der Waals surface area contributed by atoms with E-state index in [4.69, 9.17) is 14.2 Å². The molecule has 0 fully saturated rings. The molecule has 31 heavy (non-hydrogen) atoms. The maximum Gasteiger partial charge on any atom is 0.131 e. The fraction of sp³-hybridized carbons (Fsp3) is 0.0769. The minimum absolute atomic E-state index is 0.154. The van der Waals surface area contributed by atoms with Gasteiger partial charge in [0.1, 0.15) is 46.0 Å². The molecule has 0 radical (unpaired) electrons. The minimum atomic E-state index is 0.154. The summed E-state index contributed by atoms with van der Waals surface area (Å²) in [7, 11) is 0. The van der Waals surface area contributed by atoms with Crippen molar-refractivity contribution in [2.75, 3.05) is 0 Å². The second kappa shape index (κ2) is 8.71. The van der Waals surface area contributed by atoms with E-state index in [1.165, 1.54) is 0 Å². The summed E-state index contributed by atoms with van der Waals surface area (Å²) in [6.07, 6.45) is 0. The largest absolute Gasteiger partial charge is 0.508 e. The Bertz CT molecular complexity index is 1080. The predicted molar refractivity (Wildman–Crippen MR) is 119 cm³/mol. The highest BCUT2D eigenvalue weighted by atomic mass is 16.5. The first-order chi connectivity index (χ1) is 14.9. The predicted octanol–water partition coefficient (Wildman–Crippen LogP) is 7.09. The van der Waals surface area contributed by atoms with Gasteiger partial charge in [-0.25, -0.2) is 0 Å². The molecular weight excluding hydrogens is 392 g/mol. The third kappa shape index (κ3) is 5.48. The number of hydrogen-bond acceptors (Lipinski definition) is 5. The number of benzene rings is 4. The van der Waals surface area contributed by atoms with Crippen LogP contribution in [0.5, 0.6) is 46.0 Å². The summed E-state index contributed by atoms with van der Waals surface area (Å²) < 4.78 is 17.7. The first kappa shape index (κ1) is 20.2. The summed E-state index contributed by atoms with van der Waals surface area (Å²) in [5, 5.41) is 19.5. The lowest BCUT2D eigenvalue weighted by Crippen LogP contribution is -1.89. The van der Waals surface area contributed by atoms with E-state index in [9.17, 15) is 10.2 Å². The van der Waals surface area contributed by atoms with E-state index in [1.807, 2.05) is 62.4 Å². The second-order valence-corrected chi connectivity index (χ2v) is 7.26. The molecule has 156 valence electrons. The van der Waals surface area contributed by atoms with Gasteiger partial charge in [0.15, 0.2) is 0 Å². The Balaban J connectivity index is 1.49. The van der Waals surface area contributed by atoms with Crippen molar-refractivity contribution in [1.82, 2.24) is 0 Å². The van der Waals surface area contributed by atoms with Crippen molar-refractivity contribution in [3.63, 3.8) is 0 Å². The van der Waals surface area contributed by atoms with Crippen molar-refractivity contribution >= 4 is 0 Å². The van der Waals surface area contributed by atoms with Crippen molar-refractivity contribution in [3.05, 3.63) is 96.1 Å². The smallest absolute Gasteiger partial charge is 0.131 e. The zero-order valence-electron chi connectivity index (χ0n) is 17.2. The molecule has 4 aromatic carbocycles. The van der Waals surface area contributed by atoms with E-state index in [0.717, 1.165) is 11.1 Å². The van der Waals surface area contributed by atoms with Gasteiger partial charge >= 0.3 is 0 Å². The van der Waals surface area contributed by atoms with Gasteiger partial charge in [0, 0.05) is 24.3 Å². The van der Waals surface area contributed by atoms with E-state index in [0.29, 0.717) is 34.5 Å². The van der Waals surface area contributed by atoms with Crippen LogP contribution in [0.15, 0.2) is 84.9 Å². The van der Waals surface area contributed by atoms with E-state index >= 15 is 0 Å². The number of ether oxygens (including phenoxy) is 3. The summed E-state index contributed by atoms with van der Waals surface area (Å²) in [6.45, 7) is 3.78. The third-order valence-corrected chi connectivity index (χ3v) is 4.39. The molecular formula is C26H22O5. The lowest BCUT2D eigenvalue weighted by atomic mass is 10.2. The molecule has 0 saturated heterocycles. The Kier molecular flexibility index (Phi) is 5.67. The van der Waals surface area contributed by atoms with Crippen LogP contribution in [-0.2, 0) is 0 Å². The standard InChI is InChI=1S/C26H22O5/c1-17-9-19(27)13-25(11-17)30-23-7-3-5-21(15-23)29-22-6-4-8-24(16-22)31-26-12-18(2)10-20(28)14-26/h3-16,27-28H,1-2H3. The minimum Gasteiger partial charge on any atom is -0.508 e. The summed E-state index contributed by atoms with van der Waals surface area (Å²) in [6, 6.07) is 24.6. The Hall–Kier alpha value is -4.12. The number of hydrogen-bond donors (Lipinski definition) is 2. The van der Waals surface area contributed by atoms with Crippen molar-refractivity contribution in [1.29, 1.82) is 0 Å². The summed E-state index contributed by atoms with van der Waals surface area (Å²) in [4.78, 5) is 0. The molecule has 0 spiro atoms. The van der Waals surface area contributed by atoms with Crippen LogP contribution < -0.4 is 14.2 Å². The van der Waals surface area contributed by atoms with Crippen LogP contribution in [0.3, 0.4) is 0 Å². The van der Waals surface area contributed by atoms with Gasteiger partial charge < -0.3 is 24.4 Å². The van der Waals surface area contributed by atoms with Crippen LogP contribution in [0.25, 0.3) is 0 Å². The molecule has 2 N–H and O–H groups in total. The fourth-order valence-electron chi connectivity index (χ4n) is 3.19. The number of aryl methyl sites for hydroxylation is 2. The molecule has 5 heteroatoms. The van der Waals surface area contributed by atoms with Gasteiger partial charge in [0.05, 0.1) is 0 Å². The molecule has 5 nitrogen and oxygen atoms in total. The number of aromatic hydroxyl groups is 2. The Morgan fingerprint density at radius 3 is 1.16 bits per heavy atom. The quantitative estimate of drug-likeness (QED) is 0.352. The third-order valence-electron chi connectivity index (χ3n) is 4.39. The van der Waals surface area contributed by atoms with E-state index in [1.54, 1.807) is 36.4 Å². The maximum absolute atomic E-state index is 9.75. The van der Waals surface area contributed by atoms with Crippen LogP contribution in [0.4, 0.5) is 0 Å². The normalized spacial score (nSPS) is 10.5. The van der Waals surface area contributed by atoms with E-state index < -0.39 is 0 Å². The average molecular weight is 414 g/mol. The van der Waals surface area contributed by atoms with Crippen molar-refractivity contribution in [3.8, 4) is 46.0 Å². The lowest BCUT2D eigenvalue weighted by molar-refractivity contribution is 0.443. The number of phenols is 2. The van der Waals surface area contributed by atoms with Gasteiger partial charge in [0.2, 0.25) is 0 Å². The molecule has 0 unspecified atom stereocenters. The zero-order valence-corrected chi connectivity index (χ0v) is 17.2. The fourth-order valence-corrected chi connectivity index (χ4v) is 3.19. The van der Waals surface area contributed by atoms with Gasteiger partial charge in [-0.3, -0.25) is 0 Å². The van der Waals surface area contributed by atoms with E-state index in [2.05, 4.69) is 0 Å². The molecule has 0 aliphatic rings. The van der Waals surface area contributed by atoms with Gasteiger partial charge in [-0.1, -0.05) is 12.1 Å².